The highest BCUT2D eigenvalue weighted by molar-refractivity contribution is 7.98. The van der Waals surface area contributed by atoms with E-state index in [4.69, 9.17) is 0 Å². The zero-order valence-electron chi connectivity index (χ0n) is 9.84. The van der Waals surface area contributed by atoms with Crippen LogP contribution in [0.3, 0.4) is 0 Å². The van der Waals surface area contributed by atoms with Gasteiger partial charge in [-0.25, -0.2) is 9.59 Å². The SMILES string of the molecule is COC(=O)C[S+](CC(=O)OC)c1ccccc1. The Morgan fingerprint density at radius 1 is 1.00 bits per heavy atom. The molecule has 4 nitrogen and oxygen atoms in total. The Kier molecular flexibility index (Phi) is 5.56. The zero-order valence-corrected chi connectivity index (χ0v) is 10.7. The highest BCUT2D eigenvalue weighted by Gasteiger charge is 2.29. The molecule has 0 spiro atoms. The summed E-state index contributed by atoms with van der Waals surface area (Å²) in [6, 6.07) is 9.44. The number of benzene rings is 1. The first-order valence-corrected chi connectivity index (χ1v) is 6.60. The van der Waals surface area contributed by atoms with E-state index >= 15 is 0 Å². The van der Waals surface area contributed by atoms with Crippen molar-refractivity contribution in [2.45, 2.75) is 4.90 Å². The summed E-state index contributed by atoms with van der Waals surface area (Å²) in [4.78, 5) is 23.6. The average Bonchev–Trinajstić information content (AvgIpc) is 2.38. The molecule has 0 amide bonds. The maximum Gasteiger partial charge on any atom is 0.356 e. The van der Waals surface area contributed by atoms with Crippen LogP contribution in [0.4, 0.5) is 0 Å². The summed E-state index contributed by atoms with van der Waals surface area (Å²) in [6.45, 7) is 0. The van der Waals surface area contributed by atoms with Crippen LogP contribution < -0.4 is 0 Å². The van der Waals surface area contributed by atoms with Crippen molar-refractivity contribution < 1.29 is 19.1 Å². The third kappa shape index (κ3) is 4.48. The molecular weight excluding hydrogens is 240 g/mol. The van der Waals surface area contributed by atoms with Crippen LogP contribution in [0.1, 0.15) is 0 Å². The lowest BCUT2D eigenvalue weighted by Crippen LogP contribution is -2.25. The minimum Gasteiger partial charge on any atom is -0.466 e. The molecule has 5 heteroatoms. The van der Waals surface area contributed by atoms with Gasteiger partial charge in [-0.3, -0.25) is 0 Å². The number of esters is 2. The van der Waals surface area contributed by atoms with Crippen LogP contribution in [-0.4, -0.2) is 37.7 Å². The van der Waals surface area contributed by atoms with Crippen LogP contribution in [0.2, 0.25) is 0 Å². The molecule has 0 saturated heterocycles. The van der Waals surface area contributed by atoms with Crippen LogP contribution in [0.25, 0.3) is 0 Å². The van der Waals surface area contributed by atoms with Gasteiger partial charge in [-0.15, -0.1) is 0 Å². The lowest BCUT2D eigenvalue weighted by Gasteiger charge is -2.06. The maximum atomic E-state index is 11.3. The molecule has 0 atom stereocenters. The Morgan fingerprint density at radius 2 is 1.47 bits per heavy atom. The molecule has 0 unspecified atom stereocenters. The smallest absolute Gasteiger partial charge is 0.356 e. The molecule has 0 radical (unpaired) electrons. The molecule has 0 aromatic heterocycles. The van der Waals surface area contributed by atoms with Crippen molar-refractivity contribution in [2.24, 2.45) is 0 Å². The third-order valence-electron chi connectivity index (χ3n) is 2.12. The van der Waals surface area contributed by atoms with Crippen molar-refractivity contribution in [3.8, 4) is 0 Å². The van der Waals surface area contributed by atoms with Gasteiger partial charge >= 0.3 is 11.9 Å². The summed E-state index contributed by atoms with van der Waals surface area (Å²) < 4.78 is 9.27. The standard InChI is InChI=1S/C12H15O4S/c1-15-11(13)8-17(9-12(14)16-2)10-6-4-3-5-7-10/h3-7H,8-9H2,1-2H3/q+1. The van der Waals surface area contributed by atoms with Crippen LogP contribution >= 0.6 is 0 Å². The van der Waals surface area contributed by atoms with Gasteiger partial charge in [-0.1, -0.05) is 18.2 Å². The van der Waals surface area contributed by atoms with E-state index < -0.39 is 10.9 Å². The Hall–Kier alpha value is -1.49. The van der Waals surface area contributed by atoms with E-state index in [1.54, 1.807) is 0 Å². The van der Waals surface area contributed by atoms with E-state index in [0.29, 0.717) is 0 Å². The van der Waals surface area contributed by atoms with Crippen LogP contribution in [-0.2, 0) is 30.0 Å². The second kappa shape index (κ2) is 6.96. The predicted molar refractivity (Wildman–Crippen MR) is 65.8 cm³/mol. The van der Waals surface area contributed by atoms with Crippen molar-refractivity contribution in [1.82, 2.24) is 0 Å². The van der Waals surface area contributed by atoms with Gasteiger partial charge in [0.15, 0.2) is 4.90 Å². The first-order chi connectivity index (χ1) is 8.17. The Labute approximate surface area is 103 Å². The number of methoxy groups -OCH3 is 2. The number of rotatable bonds is 5. The topological polar surface area (TPSA) is 52.6 Å². The summed E-state index contributed by atoms with van der Waals surface area (Å²) >= 11 is 0. The molecule has 0 fully saturated rings. The molecule has 1 aromatic rings. The quantitative estimate of drug-likeness (QED) is 0.582. The molecule has 1 rings (SSSR count). The fraction of sp³-hybridized carbons (Fsp3) is 0.333. The largest absolute Gasteiger partial charge is 0.466 e. The number of carbonyl (C=O) groups excluding carboxylic acids is 2. The Bertz CT molecular complexity index is 359. The number of hydrogen-bond donors (Lipinski definition) is 0. The molecular formula is C12H15O4S+. The first kappa shape index (κ1) is 13.6. The summed E-state index contributed by atoms with van der Waals surface area (Å²) in [5.41, 5.74) is 0. The van der Waals surface area contributed by atoms with E-state index in [2.05, 4.69) is 9.47 Å². The van der Waals surface area contributed by atoms with Crippen molar-refractivity contribution >= 4 is 22.8 Å². The number of ether oxygens (including phenoxy) is 2. The van der Waals surface area contributed by atoms with Crippen LogP contribution in [0.15, 0.2) is 35.2 Å². The molecule has 0 N–H and O–H groups in total. The van der Waals surface area contributed by atoms with Crippen molar-refractivity contribution in [3.63, 3.8) is 0 Å². The molecule has 0 aliphatic rings. The van der Waals surface area contributed by atoms with Gasteiger partial charge in [0.2, 0.25) is 11.5 Å². The predicted octanol–water partition coefficient (Wildman–Crippen LogP) is 1.01. The Morgan fingerprint density at radius 3 is 1.88 bits per heavy atom. The third-order valence-corrected chi connectivity index (χ3v) is 4.22. The van der Waals surface area contributed by atoms with Gasteiger partial charge in [0, 0.05) is 10.9 Å². The fourth-order valence-electron chi connectivity index (χ4n) is 1.23. The fourth-order valence-corrected chi connectivity index (χ4v) is 3.02. The van der Waals surface area contributed by atoms with Gasteiger partial charge in [-0.05, 0) is 12.1 Å². The minimum absolute atomic E-state index is 0.204. The lowest BCUT2D eigenvalue weighted by molar-refractivity contribution is -0.137. The summed E-state index contributed by atoms with van der Waals surface area (Å²) in [5.74, 6) is -0.229. The van der Waals surface area contributed by atoms with Gasteiger partial charge < -0.3 is 9.47 Å². The zero-order chi connectivity index (χ0) is 12.7. The van der Waals surface area contributed by atoms with Gasteiger partial charge in [0.25, 0.3) is 0 Å². The van der Waals surface area contributed by atoms with E-state index in [-0.39, 0.29) is 23.4 Å². The first-order valence-electron chi connectivity index (χ1n) is 5.03. The highest BCUT2D eigenvalue weighted by Crippen LogP contribution is 2.14. The summed E-state index contributed by atoms with van der Waals surface area (Å²) in [7, 11) is 2.18. The average molecular weight is 255 g/mol. The van der Waals surface area contributed by atoms with Crippen LogP contribution in [0.5, 0.6) is 0 Å². The molecule has 92 valence electrons. The lowest BCUT2D eigenvalue weighted by atomic mass is 10.4. The van der Waals surface area contributed by atoms with Crippen molar-refractivity contribution in [3.05, 3.63) is 30.3 Å². The van der Waals surface area contributed by atoms with E-state index in [1.165, 1.54) is 14.2 Å². The van der Waals surface area contributed by atoms with E-state index in [1.807, 2.05) is 30.3 Å². The van der Waals surface area contributed by atoms with Gasteiger partial charge in [-0.2, -0.15) is 0 Å². The second-order valence-corrected chi connectivity index (χ2v) is 5.28. The van der Waals surface area contributed by atoms with Crippen molar-refractivity contribution in [2.75, 3.05) is 25.7 Å². The minimum atomic E-state index is -0.497. The molecule has 0 bridgehead atoms. The number of carbonyl (C=O) groups is 2. The number of hydrogen-bond acceptors (Lipinski definition) is 4. The summed E-state index contributed by atoms with van der Waals surface area (Å²) in [6.07, 6.45) is 0. The molecule has 0 heterocycles. The highest BCUT2D eigenvalue weighted by atomic mass is 32.2. The van der Waals surface area contributed by atoms with Gasteiger partial charge in [0.05, 0.1) is 14.2 Å². The normalized spacial score (nSPS) is 10.1. The molecule has 17 heavy (non-hydrogen) atoms. The van der Waals surface area contributed by atoms with E-state index in [0.717, 1.165) is 4.90 Å². The molecule has 0 aliphatic heterocycles. The summed E-state index contributed by atoms with van der Waals surface area (Å²) in [5, 5.41) is 0. The molecule has 0 saturated carbocycles. The van der Waals surface area contributed by atoms with E-state index in [9.17, 15) is 9.59 Å². The van der Waals surface area contributed by atoms with Crippen LogP contribution in [0, 0.1) is 0 Å². The van der Waals surface area contributed by atoms with Gasteiger partial charge in [0.1, 0.15) is 0 Å². The monoisotopic (exact) mass is 255 g/mol. The molecule has 0 aliphatic carbocycles. The maximum absolute atomic E-state index is 11.3. The Balaban J connectivity index is 2.79. The second-order valence-electron chi connectivity index (χ2n) is 3.25. The molecule has 1 aromatic carbocycles. The van der Waals surface area contributed by atoms with Crippen molar-refractivity contribution in [1.29, 1.82) is 0 Å².